The maximum atomic E-state index is 12.7. The van der Waals surface area contributed by atoms with Gasteiger partial charge >= 0.3 is 6.18 Å². The second-order valence-corrected chi connectivity index (χ2v) is 5.81. The number of hydrogen-bond donors (Lipinski definition) is 1. The van der Waals surface area contributed by atoms with Crippen molar-refractivity contribution in [3.05, 3.63) is 18.0 Å². The summed E-state index contributed by atoms with van der Waals surface area (Å²) in [6.45, 7) is 3.68. The molecule has 9 heteroatoms. The summed E-state index contributed by atoms with van der Waals surface area (Å²) in [6, 6.07) is 0.869. The molecule has 6 nitrogen and oxygen atoms in total. The fourth-order valence-electron chi connectivity index (χ4n) is 2.49. The molecule has 2 N–H and O–H groups in total. The Balaban J connectivity index is 1.90. The molecule has 1 saturated heterocycles. The summed E-state index contributed by atoms with van der Waals surface area (Å²) in [5.41, 5.74) is 4.85. The molecule has 0 aliphatic carbocycles. The molecule has 0 bridgehead atoms. The van der Waals surface area contributed by atoms with E-state index in [1.54, 1.807) is 9.80 Å². The highest BCUT2D eigenvalue weighted by Crippen LogP contribution is 2.28. The van der Waals surface area contributed by atoms with Gasteiger partial charge in [-0.15, -0.1) is 0 Å². The van der Waals surface area contributed by atoms with E-state index >= 15 is 0 Å². The van der Waals surface area contributed by atoms with Gasteiger partial charge in [0.15, 0.2) is 0 Å². The fourth-order valence-corrected chi connectivity index (χ4v) is 2.49. The van der Waals surface area contributed by atoms with Crippen molar-refractivity contribution >= 4 is 11.9 Å². The molecular weight excluding hydrogens is 323 g/mol. The molecule has 1 fully saturated rings. The zero-order valence-corrected chi connectivity index (χ0v) is 13.6. The maximum absolute atomic E-state index is 12.7. The molecule has 2 heterocycles. The van der Waals surface area contributed by atoms with E-state index < -0.39 is 11.9 Å². The van der Waals surface area contributed by atoms with Crippen LogP contribution in [0.1, 0.15) is 31.9 Å². The highest BCUT2D eigenvalue weighted by Gasteiger charge is 2.33. The number of nitrogens with zero attached hydrogens (tertiary/aromatic N) is 4. The highest BCUT2D eigenvalue weighted by atomic mass is 19.4. The van der Waals surface area contributed by atoms with Gasteiger partial charge in [-0.05, 0) is 18.9 Å². The van der Waals surface area contributed by atoms with Gasteiger partial charge in [-0.1, -0.05) is 6.92 Å². The number of rotatable bonds is 5. The van der Waals surface area contributed by atoms with Gasteiger partial charge in [-0.3, -0.25) is 4.79 Å². The molecule has 1 aromatic heterocycles. The summed E-state index contributed by atoms with van der Waals surface area (Å²) >= 11 is 0. The second-order valence-electron chi connectivity index (χ2n) is 5.81. The molecule has 1 amide bonds. The molecule has 0 spiro atoms. The average molecular weight is 345 g/mol. The van der Waals surface area contributed by atoms with E-state index in [0.29, 0.717) is 39.0 Å². The first kappa shape index (κ1) is 18.4. The van der Waals surface area contributed by atoms with Crippen molar-refractivity contribution in [2.24, 2.45) is 5.73 Å². The number of carbonyl (C=O) groups is 1. The summed E-state index contributed by atoms with van der Waals surface area (Å²) in [4.78, 5) is 23.0. The number of halogens is 3. The lowest BCUT2D eigenvalue weighted by atomic mass is 10.1. The zero-order valence-electron chi connectivity index (χ0n) is 13.6. The van der Waals surface area contributed by atoms with Crippen molar-refractivity contribution in [3.8, 4) is 0 Å². The number of nitrogens with two attached hydrogens (primary N) is 1. The van der Waals surface area contributed by atoms with Crippen LogP contribution in [0.3, 0.4) is 0 Å². The molecule has 1 atom stereocenters. The molecule has 0 saturated carbocycles. The summed E-state index contributed by atoms with van der Waals surface area (Å²) in [6.07, 6.45) is -1.52. The van der Waals surface area contributed by atoms with Crippen molar-refractivity contribution in [1.82, 2.24) is 14.9 Å². The standard InChI is InChI=1S/C15H22F3N5O/c1-2-11(19)3-4-13(24)22-7-9-23(10-8-22)14-20-6-5-12(21-14)15(16,17)18/h5-6,11H,2-4,7-10,19H2,1H3. The lowest BCUT2D eigenvalue weighted by Crippen LogP contribution is -2.49. The Morgan fingerprint density at radius 1 is 1.33 bits per heavy atom. The van der Waals surface area contributed by atoms with Crippen LogP contribution in [0.2, 0.25) is 0 Å². The van der Waals surface area contributed by atoms with E-state index in [1.807, 2.05) is 6.92 Å². The SMILES string of the molecule is CCC(N)CCC(=O)N1CCN(c2nccc(C(F)(F)F)n2)CC1. The largest absolute Gasteiger partial charge is 0.433 e. The van der Waals surface area contributed by atoms with Crippen LogP contribution in [0.15, 0.2) is 12.3 Å². The highest BCUT2D eigenvalue weighted by molar-refractivity contribution is 5.76. The van der Waals surface area contributed by atoms with E-state index in [2.05, 4.69) is 9.97 Å². The number of anilines is 1. The number of alkyl halides is 3. The first-order chi connectivity index (χ1) is 11.3. The van der Waals surface area contributed by atoms with Crippen LogP contribution in [-0.2, 0) is 11.0 Å². The zero-order chi connectivity index (χ0) is 17.7. The predicted octanol–water partition coefficient (Wildman–Crippen LogP) is 1.66. The van der Waals surface area contributed by atoms with Gasteiger partial charge in [0.1, 0.15) is 5.69 Å². The normalized spacial score (nSPS) is 17.0. The molecule has 1 unspecified atom stereocenters. The molecule has 24 heavy (non-hydrogen) atoms. The first-order valence-electron chi connectivity index (χ1n) is 7.99. The quantitative estimate of drug-likeness (QED) is 0.878. The Labute approximate surface area is 138 Å². The van der Waals surface area contributed by atoms with Crippen molar-refractivity contribution in [2.75, 3.05) is 31.1 Å². The van der Waals surface area contributed by atoms with Gasteiger partial charge in [0.25, 0.3) is 0 Å². The van der Waals surface area contributed by atoms with Crippen LogP contribution in [0.25, 0.3) is 0 Å². The fraction of sp³-hybridized carbons (Fsp3) is 0.667. The molecule has 1 aromatic rings. The van der Waals surface area contributed by atoms with Gasteiger partial charge in [-0.25, -0.2) is 9.97 Å². The Morgan fingerprint density at radius 3 is 2.58 bits per heavy atom. The minimum Gasteiger partial charge on any atom is -0.339 e. The minimum atomic E-state index is -4.49. The summed E-state index contributed by atoms with van der Waals surface area (Å²) in [5, 5.41) is 0. The van der Waals surface area contributed by atoms with E-state index in [1.165, 1.54) is 0 Å². The monoisotopic (exact) mass is 345 g/mol. The Morgan fingerprint density at radius 2 is 2.00 bits per heavy atom. The average Bonchev–Trinajstić information content (AvgIpc) is 2.59. The van der Waals surface area contributed by atoms with Gasteiger partial charge < -0.3 is 15.5 Å². The third-order valence-corrected chi connectivity index (χ3v) is 4.10. The van der Waals surface area contributed by atoms with E-state index in [-0.39, 0.29) is 17.9 Å². The van der Waals surface area contributed by atoms with E-state index in [4.69, 9.17) is 5.73 Å². The summed E-state index contributed by atoms with van der Waals surface area (Å²) < 4.78 is 38.1. The number of carbonyl (C=O) groups excluding carboxylic acids is 1. The van der Waals surface area contributed by atoms with Gasteiger partial charge in [0, 0.05) is 44.8 Å². The molecule has 1 aliphatic heterocycles. The third kappa shape index (κ3) is 4.80. The third-order valence-electron chi connectivity index (χ3n) is 4.10. The van der Waals surface area contributed by atoms with Crippen LogP contribution in [0, 0.1) is 0 Å². The first-order valence-corrected chi connectivity index (χ1v) is 7.99. The minimum absolute atomic E-state index is 0.0220. The molecule has 0 aromatic carbocycles. The number of piperazine rings is 1. The van der Waals surface area contributed by atoms with Crippen LogP contribution in [0.5, 0.6) is 0 Å². The lowest BCUT2D eigenvalue weighted by molar-refractivity contribution is -0.141. The summed E-state index contributed by atoms with van der Waals surface area (Å²) in [7, 11) is 0. The lowest BCUT2D eigenvalue weighted by Gasteiger charge is -2.35. The number of aromatic nitrogens is 2. The number of amides is 1. The second kappa shape index (κ2) is 7.78. The summed E-state index contributed by atoms with van der Waals surface area (Å²) in [5.74, 6) is 0.0773. The number of hydrogen-bond acceptors (Lipinski definition) is 5. The van der Waals surface area contributed by atoms with E-state index in [9.17, 15) is 18.0 Å². The van der Waals surface area contributed by atoms with Crippen molar-refractivity contribution in [3.63, 3.8) is 0 Å². The van der Waals surface area contributed by atoms with Crippen molar-refractivity contribution < 1.29 is 18.0 Å². The Kier molecular flexibility index (Phi) is 5.98. The Hall–Kier alpha value is -1.90. The molecule has 1 aliphatic rings. The van der Waals surface area contributed by atoms with Gasteiger partial charge in [0.2, 0.25) is 11.9 Å². The molecule has 2 rings (SSSR count). The van der Waals surface area contributed by atoms with Crippen molar-refractivity contribution in [2.45, 2.75) is 38.4 Å². The smallest absolute Gasteiger partial charge is 0.339 e. The van der Waals surface area contributed by atoms with Crippen LogP contribution >= 0.6 is 0 Å². The Bertz CT molecular complexity index is 558. The van der Waals surface area contributed by atoms with Crippen LogP contribution in [-0.4, -0.2) is 53.0 Å². The van der Waals surface area contributed by atoms with E-state index in [0.717, 1.165) is 18.7 Å². The topological polar surface area (TPSA) is 75.4 Å². The molecule has 0 radical (unpaired) electrons. The van der Waals surface area contributed by atoms with Crippen LogP contribution in [0.4, 0.5) is 19.1 Å². The maximum Gasteiger partial charge on any atom is 0.433 e. The molecular formula is C15H22F3N5O. The van der Waals surface area contributed by atoms with Crippen molar-refractivity contribution in [1.29, 1.82) is 0 Å². The predicted molar refractivity (Wildman–Crippen MR) is 83.3 cm³/mol. The van der Waals surface area contributed by atoms with Gasteiger partial charge in [-0.2, -0.15) is 13.2 Å². The van der Waals surface area contributed by atoms with Crippen LogP contribution < -0.4 is 10.6 Å². The molecule has 134 valence electrons. The van der Waals surface area contributed by atoms with Gasteiger partial charge in [0.05, 0.1) is 0 Å².